The molecular weight excluding hydrogens is 395 g/mol. The Balaban J connectivity index is 0.00000145. The van der Waals surface area contributed by atoms with Crippen LogP contribution in [0.15, 0.2) is 42.3 Å². The molecule has 4 atom stereocenters. The lowest BCUT2D eigenvalue weighted by molar-refractivity contribution is 0.0873. The maximum atomic E-state index is 14.3. The van der Waals surface area contributed by atoms with E-state index >= 15 is 0 Å². The Kier molecular flexibility index (Phi) is 7.56. The molecule has 0 spiro atoms. The molecule has 2 aromatic carbocycles. The molecule has 1 aliphatic carbocycles. The highest BCUT2D eigenvalue weighted by molar-refractivity contribution is 7.80. The molecule has 0 fully saturated rings. The first-order chi connectivity index (χ1) is 13.7. The molecule has 0 saturated carbocycles. The fraction of sp³-hybridized carbons (Fsp3) is 0.348. The van der Waals surface area contributed by atoms with Gasteiger partial charge >= 0.3 is 0 Å². The van der Waals surface area contributed by atoms with Crippen molar-refractivity contribution in [3.05, 3.63) is 76.6 Å². The average Bonchev–Trinajstić information content (AvgIpc) is 3.01. The van der Waals surface area contributed by atoms with Crippen molar-refractivity contribution in [3.8, 4) is 6.07 Å². The van der Waals surface area contributed by atoms with E-state index in [1.54, 1.807) is 19.1 Å². The summed E-state index contributed by atoms with van der Waals surface area (Å²) >= 11 is 4.43. The van der Waals surface area contributed by atoms with Crippen LogP contribution in [0.4, 0.5) is 13.2 Å². The molecule has 0 saturated heterocycles. The number of aliphatic hydroxyl groups is 1. The van der Waals surface area contributed by atoms with Crippen LogP contribution in [0.3, 0.4) is 0 Å². The Morgan fingerprint density at radius 2 is 2.00 bits per heavy atom. The predicted octanol–water partition coefficient (Wildman–Crippen LogP) is 5.77. The van der Waals surface area contributed by atoms with Crippen LogP contribution >= 0.6 is 12.6 Å². The first kappa shape index (κ1) is 23.1. The molecule has 6 heteroatoms. The summed E-state index contributed by atoms with van der Waals surface area (Å²) in [5, 5.41) is 19.6. The van der Waals surface area contributed by atoms with E-state index in [1.165, 1.54) is 6.92 Å². The largest absolute Gasteiger partial charge is 0.385 e. The number of hydrogen-bond acceptors (Lipinski definition) is 3. The van der Waals surface area contributed by atoms with Crippen LogP contribution in [0.25, 0.3) is 0 Å². The second kappa shape index (κ2) is 9.51. The van der Waals surface area contributed by atoms with Gasteiger partial charge in [0.1, 0.15) is 24.3 Å². The van der Waals surface area contributed by atoms with E-state index in [1.807, 2.05) is 6.07 Å². The molecule has 0 amide bonds. The maximum Gasteiger partial charge on any atom is 0.127 e. The Labute approximate surface area is 175 Å². The van der Waals surface area contributed by atoms with Gasteiger partial charge in [-0.15, -0.1) is 25.8 Å². The molecule has 2 nitrogen and oxygen atoms in total. The topological polar surface area (TPSA) is 44.0 Å². The summed E-state index contributed by atoms with van der Waals surface area (Å²) in [7, 11) is 0. The predicted molar refractivity (Wildman–Crippen MR) is 111 cm³/mol. The number of aliphatic hydroxyl groups excluding tert-OH is 1. The molecule has 0 bridgehead atoms. The van der Waals surface area contributed by atoms with E-state index in [9.17, 15) is 23.5 Å². The summed E-state index contributed by atoms with van der Waals surface area (Å²) in [5.41, 5.74) is 2.89. The second-order valence-corrected chi connectivity index (χ2v) is 7.56. The van der Waals surface area contributed by atoms with E-state index in [2.05, 4.69) is 25.8 Å². The summed E-state index contributed by atoms with van der Waals surface area (Å²) in [5.74, 6) is -0.995. The van der Waals surface area contributed by atoms with Gasteiger partial charge < -0.3 is 5.11 Å². The van der Waals surface area contributed by atoms with Crippen molar-refractivity contribution in [3.63, 3.8) is 0 Å². The third kappa shape index (κ3) is 4.52. The number of alkyl halides is 2. The van der Waals surface area contributed by atoms with E-state index in [0.29, 0.717) is 10.5 Å². The maximum absolute atomic E-state index is 14.3. The number of hydrogen-bond donors (Lipinski definition) is 2. The number of rotatable bonds is 4. The van der Waals surface area contributed by atoms with E-state index in [-0.39, 0.29) is 29.9 Å². The fourth-order valence-corrected chi connectivity index (χ4v) is 4.23. The minimum atomic E-state index is -1.63. The molecular formula is C23H24F3NOS. The van der Waals surface area contributed by atoms with Gasteiger partial charge in [0, 0.05) is 17.2 Å². The van der Waals surface area contributed by atoms with Crippen molar-refractivity contribution in [2.75, 3.05) is 0 Å². The zero-order valence-electron chi connectivity index (χ0n) is 16.4. The molecule has 0 aromatic heterocycles. The van der Waals surface area contributed by atoms with Crippen LogP contribution in [0.2, 0.25) is 0 Å². The first-order valence-corrected chi connectivity index (χ1v) is 9.71. The van der Waals surface area contributed by atoms with Crippen LogP contribution in [0.1, 0.15) is 59.3 Å². The lowest BCUT2D eigenvalue weighted by Gasteiger charge is -2.20. The third-order valence-corrected chi connectivity index (χ3v) is 5.71. The minimum Gasteiger partial charge on any atom is -0.385 e. The van der Waals surface area contributed by atoms with E-state index in [0.717, 1.165) is 28.8 Å². The number of benzene rings is 2. The van der Waals surface area contributed by atoms with Crippen LogP contribution in [0.5, 0.6) is 0 Å². The fourth-order valence-electron chi connectivity index (χ4n) is 3.82. The highest BCUT2D eigenvalue weighted by Crippen LogP contribution is 2.41. The smallest absolute Gasteiger partial charge is 0.127 e. The van der Waals surface area contributed by atoms with Gasteiger partial charge in [0.05, 0.1) is 11.6 Å². The van der Waals surface area contributed by atoms with Gasteiger partial charge in [0.15, 0.2) is 0 Å². The summed E-state index contributed by atoms with van der Waals surface area (Å²) in [6.45, 7) is 8.98. The number of thiol groups is 1. The standard InChI is InChI=1S/C21H20F3NOS.C2H4/c1-10-18(24)8-16-12(3-4-19(27)20(10)16)6-15-13(9-25)5-14(23)7-17(15)21(26)11(2)22;1-2/h3-5,7,10-11,18,21,26-27H,6,8H2,1-2H3;1-2H2. The van der Waals surface area contributed by atoms with Crippen molar-refractivity contribution in [1.29, 1.82) is 5.26 Å². The lowest BCUT2D eigenvalue weighted by Crippen LogP contribution is -2.14. The Hall–Kier alpha value is -2.23. The van der Waals surface area contributed by atoms with Gasteiger partial charge in [-0.1, -0.05) is 13.0 Å². The molecule has 1 N–H and O–H groups in total. The summed E-state index contributed by atoms with van der Waals surface area (Å²) in [4.78, 5) is 0.707. The number of nitriles is 1. The summed E-state index contributed by atoms with van der Waals surface area (Å²) < 4.78 is 41.9. The summed E-state index contributed by atoms with van der Waals surface area (Å²) in [6, 6.07) is 7.63. The molecule has 154 valence electrons. The molecule has 0 heterocycles. The van der Waals surface area contributed by atoms with E-state index < -0.39 is 24.3 Å². The SMILES string of the molecule is C=C.CC(F)C(O)c1cc(F)cc(C#N)c1Cc1ccc(S)c2c1CC(F)C2C. The van der Waals surface area contributed by atoms with Gasteiger partial charge in [-0.3, -0.25) is 0 Å². The molecule has 2 aromatic rings. The first-order valence-electron chi connectivity index (χ1n) is 9.26. The Morgan fingerprint density at radius 1 is 1.34 bits per heavy atom. The van der Waals surface area contributed by atoms with Crippen LogP contribution < -0.4 is 0 Å². The van der Waals surface area contributed by atoms with Crippen molar-refractivity contribution in [2.45, 2.75) is 55.9 Å². The van der Waals surface area contributed by atoms with Gasteiger partial charge in [-0.2, -0.15) is 5.26 Å². The number of fused-ring (bicyclic) bond motifs is 1. The molecule has 29 heavy (non-hydrogen) atoms. The lowest BCUT2D eigenvalue weighted by atomic mass is 9.88. The number of nitrogens with zero attached hydrogens (tertiary/aromatic N) is 1. The van der Waals surface area contributed by atoms with Crippen LogP contribution in [-0.4, -0.2) is 17.4 Å². The summed E-state index contributed by atoms with van der Waals surface area (Å²) in [6.07, 6.45) is -3.78. The van der Waals surface area contributed by atoms with Crippen molar-refractivity contribution in [2.24, 2.45) is 0 Å². The second-order valence-electron chi connectivity index (χ2n) is 7.08. The average molecular weight is 420 g/mol. The van der Waals surface area contributed by atoms with E-state index in [4.69, 9.17) is 0 Å². The third-order valence-electron chi connectivity index (χ3n) is 5.32. The molecule has 0 aliphatic heterocycles. The molecule has 1 aliphatic rings. The van der Waals surface area contributed by atoms with Crippen molar-refractivity contribution in [1.82, 2.24) is 0 Å². The Morgan fingerprint density at radius 3 is 2.59 bits per heavy atom. The van der Waals surface area contributed by atoms with Gasteiger partial charge in [0.25, 0.3) is 0 Å². The van der Waals surface area contributed by atoms with Crippen molar-refractivity contribution >= 4 is 12.6 Å². The van der Waals surface area contributed by atoms with Crippen molar-refractivity contribution < 1.29 is 18.3 Å². The van der Waals surface area contributed by atoms with Crippen LogP contribution in [-0.2, 0) is 12.8 Å². The zero-order chi connectivity index (χ0) is 21.9. The minimum absolute atomic E-state index is 0.0382. The van der Waals surface area contributed by atoms with Gasteiger partial charge in [0.2, 0.25) is 0 Å². The molecule has 4 unspecified atom stereocenters. The van der Waals surface area contributed by atoms with Gasteiger partial charge in [-0.05, 0) is 59.4 Å². The van der Waals surface area contributed by atoms with Gasteiger partial charge in [-0.25, -0.2) is 13.2 Å². The highest BCUT2D eigenvalue weighted by atomic mass is 32.1. The number of halogens is 3. The Bertz CT molecular complexity index is 939. The normalized spacial score (nSPS) is 19.5. The molecule has 3 rings (SSSR count). The van der Waals surface area contributed by atoms with Crippen LogP contribution in [0, 0.1) is 17.1 Å². The highest BCUT2D eigenvalue weighted by Gasteiger charge is 2.33. The monoisotopic (exact) mass is 419 g/mol. The molecule has 0 radical (unpaired) electrons. The quantitative estimate of drug-likeness (QED) is 0.488. The zero-order valence-corrected chi connectivity index (χ0v) is 17.3.